The first-order chi connectivity index (χ1) is 7.26. The summed E-state index contributed by atoms with van der Waals surface area (Å²) in [5.74, 6) is 6.39. The molecule has 2 aliphatic rings. The summed E-state index contributed by atoms with van der Waals surface area (Å²) in [7, 11) is 0. The van der Waals surface area contributed by atoms with E-state index in [-0.39, 0.29) is 0 Å². The fourth-order valence-electron chi connectivity index (χ4n) is 3.39. The number of nitrogens with one attached hydrogen (secondary N) is 1. The maximum absolute atomic E-state index is 5.76. The summed E-state index contributed by atoms with van der Waals surface area (Å²) in [4.78, 5) is 0. The van der Waals surface area contributed by atoms with E-state index in [0.29, 0.717) is 17.4 Å². The van der Waals surface area contributed by atoms with Crippen LogP contribution in [0.15, 0.2) is 0 Å². The molecular weight excluding hydrogens is 188 g/mol. The van der Waals surface area contributed by atoms with Crippen LogP contribution in [-0.4, -0.2) is 19.3 Å². The highest BCUT2D eigenvalue weighted by Crippen LogP contribution is 2.42. The molecule has 1 saturated heterocycles. The lowest BCUT2D eigenvalue weighted by molar-refractivity contribution is 0.0905. The third-order valence-corrected chi connectivity index (χ3v) is 4.36. The van der Waals surface area contributed by atoms with E-state index in [2.05, 4.69) is 12.3 Å². The highest BCUT2D eigenvalue weighted by molar-refractivity contribution is 4.93. The standard InChI is InChI=1S/C12H24N2O/c1-12(6-3-2-4-7-12)11(14-13)10-5-8-15-9-10/h10-11,14H,2-9,13H2,1H3. The van der Waals surface area contributed by atoms with Gasteiger partial charge >= 0.3 is 0 Å². The van der Waals surface area contributed by atoms with Gasteiger partial charge in [-0.2, -0.15) is 0 Å². The predicted molar refractivity (Wildman–Crippen MR) is 61.2 cm³/mol. The summed E-state index contributed by atoms with van der Waals surface area (Å²) >= 11 is 0. The minimum atomic E-state index is 0.394. The van der Waals surface area contributed by atoms with E-state index in [1.807, 2.05) is 0 Å². The van der Waals surface area contributed by atoms with Crippen molar-refractivity contribution in [1.29, 1.82) is 0 Å². The van der Waals surface area contributed by atoms with Crippen molar-refractivity contribution in [2.24, 2.45) is 17.2 Å². The van der Waals surface area contributed by atoms with Crippen molar-refractivity contribution >= 4 is 0 Å². The molecular formula is C12H24N2O. The van der Waals surface area contributed by atoms with Crippen LogP contribution >= 0.6 is 0 Å². The second kappa shape index (κ2) is 4.81. The molecule has 1 aliphatic carbocycles. The van der Waals surface area contributed by atoms with Crippen molar-refractivity contribution < 1.29 is 4.74 Å². The minimum absolute atomic E-state index is 0.394. The van der Waals surface area contributed by atoms with E-state index < -0.39 is 0 Å². The first-order valence-corrected chi connectivity index (χ1v) is 6.30. The lowest BCUT2D eigenvalue weighted by atomic mass is 9.67. The van der Waals surface area contributed by atoms with Crippen molar-refractivity contribution in [2.45, 2.75) is 51.5 Å². The molecule has 3 N–H and O–H groups in total. The molecule has 0 aromatic carbocycles. The van der Waals surface area contributed by atoms with Gasteiger partial charge in [0.25, 0.3) is 0 Å². The van der Waals surface area contributed by atoms with Gasteiger partial charge in [0.15, 0.2) is 0 Å². The average Bonchev–Trinajstić information content (AvgIpc) is 2.73. The van der Waals surface area contributed by atoms with Gasteiger partial charge in [-0.25, -0.2) is 0 Å². The van der Waals surface area contributed by atoms with E-state index >= 15 is 0 Å². The summed E-state index contributed by atoms with van der Waals surface area (Å²) in [6.45, 7) is 4.21. The molecule has 2 unspecified atom stereocenters. The zero-order valence-electron chi connectivity index (χ0n) is 9.80. The van der Waals surface area contributed by atoms with E-state index in [1.54, 1.807) is 0 Å². The highest BCUT2D eigenvalue weighted by Gasteiger charge is 2.40. The monoisotopic (exact) mass is 212 g/mol. The first-order valence-electron chi connectivity index (χ1n) is 6.30. The van der Waals surface area contributed by atoms with E-state index in [1.165, 1.54) is 38.5 Å². The molecule has 0 aromatic rings. The van der Waals surface area contributed by atoms with Crippen molar-refractivity contribution in [3.05, 3.63) is 0 Å². The summed E-state index contributed by atoms with van der Waals surface area (Å²) in [5.41, 5.74) is 3.47. The number of hydrogen-bond acceptors (Lipinski definition) is 3. The van der Waals surface area contributed by atoms with Crippen molar-refractivity contribution in [1.82, 2.24) is 5.43 Å². The van der Waals surface area contributed by atoms with Crippen LogP contribution in [0.4, 0.5) is 0 Å². The third kappa shape index (κ3) is 2.35. The predicted octanol–water partition coefficient (Wildman–Crippen LogP) is 1.83. The maximum Gasteiger partial charge on any atom is 0.0510 e. The number of hydrazine groups is 1. The Morgan fingerprint density at radius 1 is 1.33 bits per heavy atom. The molecule has 1 heterocycles. The van der Waals surface area contributed by atoms with Gasteiger partial charge in [0.05, 0.1) is 6.61 Å². The lowest BCUT2D eigenvalue weighted by Crippen LogP contribution is -2.52. The van der Waals surface area contributed by atoms with Crippen LogP contribution in [0, 0.1) is 11.3 Å². The summed E-state index contributed by atoms with van der Waals surface area (Å²) in [5, 5.41) is 0. The van der Waals surface area contributed by atoms with Crippen LogP contribution in [0.2, 0.25) is 0 Å². The fraction of sp³-hybridized carbons (Fsp3) is 1.00. The lowest BCUT2D eigenvalue weighted by Gasteiger charge is -2.43. The summed E-state index contributed by atoms with van der Waals surface area (Å²) in [6.07, 6.45) is 7.93. The number of hydrogen-bond donors (Lipinski definition) is 2. The minimum Gasteiger partial charge on any atom is -0.381 e. The molecule has 3 nitrogen and oxygen atoms in total. The third-order valence-electron chi connectivity index (χ3n) is 4.36. The molecule has 0 spiro atoms. The largest absolute Gasteiger partial charge is 0.381 e. The molecule has 0 bridgehead atoms. The van der Waals surface area contributed by atoms with E-state index in [4.69, 9.17) is 10.6 Å². The van der Waals surface area contributed by atoms with Gasteiger partial charge in [-0.05, 0) is 24.7 Å². The second-order valence-corrected chi connectivity index (χ2v) is 5.48. The van der Waals surface area contributed by atoms with Crippen molar-refractivity contribution in [2.75, 3.05) is 13.2 Å². The fourth-order valence-corrected chi connectivity index (χ4v) is 3.39. The van der Waals surface area contributed by atoms with Gasteiger partial charge in [0.2, 0.25) is 0 Å². The highest BCUT2D eigenvalue weighted by atomic mass is 16.5. The molecule has 2 rings (SSSR count). The molecule has 3 heteroatoms. The Hall–Kier alpha value is -0.120. The Kier molecular flexibility index (Phi) is 3.65. The summed E-state index contributed by atoms with van der Waals surface area (Å²) < 4.78 is 5.48. The number of ether oxygens (including phenoxy) is 1. The van der Waals surface area contributed by atoms with Crippen LogP contribution in [0.5, 0.6) is 0 Å². The maximum atomic E-state index is 5.76. The smallest absolute Gasteiger partial charge is 0.0510 e. The Balaban J connectivity index is 2.02. The Morgan fingerprint density at radius 3 is 2.60 bits per heavy atom. The van der Waals surface area contributed by atoms with Gasteiger partial charge in [0, 0.05) is 18.6 Å². The summed E-state index contributed by atoms with van der Waals surface area (Å²) in [6, 6.07) is 0.445. The molecule has 1 aliphatic heterocycles. The molecule has 0 radical (unpaired) electrons. The van der Waals surface area contributed by atoms with Crippen LogP contribution in [0.3, 0.4) is 0 Å². The van der Waals surface area contributed by atoms with Crippen LogP contribution in [0.25, 0.3) is 0 Å². The van der Waals surface area contributed by atoms with Gasteiger partial charge in [-0.3, -0.25) is 11.3 Å². The molecule has 88 valence electrons. The molecule has 0 aromatic heterocycles. The Labute approximate surface area is 92.7 Å². The zero-order chi connectivity index (χ0) is 10.7. The van der Waals surface area contributed by atoms with Crippen LogP contribution in [-0.2, 0) is 4.74 Å². The van der Waals surface area contributed by atoms with Crippen molar-refractivity contribution in [3.63, 3.8) is 0 Å². The molecule has 1 saturated carbocycles. The second-order valence-electron chi connectivity index (χ2n) is 5.48. The van der Waals surface area contributed by atoms with E-state index in [9.17, 15) is 0 Å². The van der Waals surface area contributed by atoms with Gasteiger partial charge in [-0.1, -0.05) is 26.2 Å². The number of nitrogens with two attached hydrogens (primary N) is 1. The SMILES string of the molecule is CC1(C(NN)C2CCOC2)CCCCC1. The van der Waals surface area contributed by atoms with Gasteiger partial charge in [0.1, 0.15) is 0 Å². The number of rotatable bonds is 3. The van der Waals surface area contributed by atoms with E-state index in [0.717, 1.165) is 13.2 Å². The topological polar surface area (TPSA) is 47.3 Å². The average molecular weight is 212 g/mol. The molecule has 15 heavy (non-hydrogen) atoms. The van der Waals surface area contributed by atoms with Gasteiger partial charge < -0.3 is 4.74 Å². The molecule has 0 amide bonds. The Morgan fingerprint density at radius 2 is 2.07 bits per heavy atom. The van der Waals surface area contributed by atoms with Gasteiger partial charge in [-0.15, -0.1) is 0 Å². The zero-order valence-corrected chi connectivity index (χ0v) is 9.80. The van der Waals surface area contributed by atoms with Crippen LogP contribution in [0.1, 0.15) is 45.4 Å². The molecule has 2 atom stereocenters. The van der Waals surface area contributed by atoms with Crippen LogP contribution < -0.4 is 11.3 Å². The Bertz CT molecular complexity index is 196. The quantitative estimate of drug-likeness (QED) is 0.554. The molecule has 2 fully saturated rings. The normalized spacial score (nSPS) is 32.8. The first kappa shape index (κ1) is 11.4. The van der Waals surface area contributed by atoms with Crippen molar-refractivity contribution in [3.8, 4) is 0 Å².